The van der Waals surface area contributed by atoms with Crippen LogP contribution < -0.4 is 14.4 Å². The molecule has 8 heteroatoms. The summed E-state index contributed by atoms with van der Waals surface area (Å²) in [6.45, 7) is 1.82. The van der Waals surface area contributed by atoms with E-state index < -0.39 is 22.0 Å². The molecule has 1 amide bonds. The molecule has 0 unspecified atom stereocenters. The van der Waals surface area contributed by atoms with Crippen LogP contribution in [-0.2, 0) is 21.4 Å². The Labute approximate surface area is 181 Å². The highest BCUT2D eigenvalue weighted by Gasteiger charge is 2.29. The minimum atomic E-state index is -3.74. The maximum Gasteiger partial charge on any atom is 0.243 e. The number of hydrogen-bond acceptors (Lipinski definition) is 4. The fourth-order valence-electron chi connectivity index (χ4n) is 3.38. The van der Waals surface area contributed by atoms with E-state index in [2.05, 4.69) is 5.32 Å². The van der Waals surface area contributed by atoms with E-state index in [9.17, 15) is 13.2 Å². The molecule has 0 aromatic heterocycles. The zero-order valence-electron chi connectivity index (χ0n) is 16.9. The molecule has 3 rings (SSSR count). The highest BCUT2D eigenvalue weighted by atomic mass is 35.5. The van der Waals surface area contributed by atoms with Crippen LogP contribution in [-0.4, -0.2) is 33.7 Å². The number of carbonyl (C=O) groups is 1. The van der Waals surface area contributed by atoms with Gasteiger partial charge < -0.3 is 10.1 Å². The first-order valence-corrected chi connectivity index (χ1v) is 11.5. The zero-order chi connectivity index (χ0) is 21.9. The summed E-state index contributed by atoms with van der Waals surface area (Å²) < 4.78 is 31.1. The van der Waals surface area contributed by atoms with Crippen molar-refractivity contribution in [3.8, 4) is 5.75 Å². The predicted molar refractivity (Wildman–Crippen MR) is 121 cm³/mol. The number of hydrogen-bond donors (Lipinski definition) is 1. The van der Waals surface area contributed by atoms with E-state index in [-0.39, 0.29) is 17.3 Å². The van der Waals surface area contributed by atoms with Crippen molar-refractivity contribution in [2.45, 2.75) is 19.5 Å². The molecule has 0 bridgehead atoms. The van der Waals surface area contributed by atoms with Crippen LogP contribution in [0.1, 0.15) is 12.5 Å². The number of ether oxygens (including phenoxy) is 1. The van der Waals surface area contributed by atoms with Crippen LogP contribution in [0.15, 0.2) is 60.7 Å². The van der Waals surface area contributed by atoms with Crippen LogP contribution in [0.4, 0.5) is 5.69 Å². The molecule has 1 N–H and O–H groups in total. The third kappa shape index (κ3) is 4.68. The van der Waals surface area contributed by atoms with E-state index in [0.29, 0.717) is 5.75 Å². The number of sulfonamides is 1. The van der Waals surface area contributed by atoms with Crippen molar-refractivity contribution in [1.82, 2.24) is 5.32 Å². The maximum absolute atomic E-state index is 12.8. The van der Waals surface area contributed by atoms with Gasteiger partial charge in [-0.15, -0.1) is 0 Å². The van der Waals surface area contributed by atoms with E-state index in [1.165, 1.54) is 20.1 Å². The largest absolute Gasteiger partial charge is 0.495 e. The number of benzene rings is 3. The molecule has 0 spiro atoms. The highest BCUT2D eigenvalue weighted by Crippen LogP contribution is 2.31. The molecular weight excluding hydrogens is 424 g/mol. The van der Waals surface area contributed by atoms with Gasteiger partial charge in [0.25, 0.3) is 0 Å². The third-order valence-corrected chi connectivity index (χ3v) is 6.35. The summed E-state index contributed by atoms with van der Waals surface area (Å²) >= 11 is 6.16. The van der Waals surface area contributed by atoms with Crippen molar-refractivity contribution in [3.05, 3.63) is 71.2 Å². The lowest BCUT2D eigenvalue weighted by Gasteiger charge is -2.28. The lowest BCUT2D eigenvalue weighted by atomic mass is 10.0. The second kappa shape index (κ2) is 8.93. The molecule has 158 valence electrons. The monoisotopic (exact) mass is 446 g/mol. The van der Waals surface area contributed by atoms with Crippen LogP contribution in [0.3, 0.4) is 0 Å². The summed E-state index contributed by atoms with van der Waals surface area (Å²) in [5, 5.41) is 5.21. The van der Waals surface area contributed by atoms with Gasteiger partial charge in [0.2, 0.25) is 15.9 Å². The molecule has 0 aliphatic carbocycles. The average molecular weight is 447 g/mol. The summed E-state index contributed by atoms with van der Waals surface area (Å²) in [6, 6.07) is 17.4. The molecule has 1 atom stereocenters. The first-order valence-electron chi connectivity index (χ1n) is 9.29. The fourth-order valence-corrected chi connectivity index (χ4v) is 4.80. The third-order valence-electron chi connectivity index (χ3n) is 4.81. The number of halogens is 1. The normalized spacial score (nSPS) is 12.4. The van der Waals surface area contributed by atoms with Crippen LogP contribution in [0.25, 0.3) is 10.8 Å². The molecule has 0 heterocycles. The van der Waals surface area contributed by atoms with E-state index in [0.717, 1.165) is 26.9 Å². The Kier molecular flexibility index (Phi) is 6.53. The average Bonchev–Trinajstić information content (AvgIpc) is 2.71. The number of rotatable bonds is 7. The Morgan fingerprint density at radius 1 is 1.13 bits per heavy atom. The van der Waals surface area contributed by atoms with Gasteiger partial charge in [-0.05, 0) is 41.5 Å². The van der Waals surface area contributed by atoms with E-state index in [1.807, 2.05) is 42.5 Å². The number of amides is 1. The van der Waals surface area contributed by atoms with Crippen molar-refractivity contribution in [1.29, 1.82) is 0 Å². The van der Waals surface area contributed by atoms with Gasteiger partial charge >= 0.3 is 0 Å². The van der Waals surface area contributed by atoms with Gasteiger partial charge in [-0.25, -0.2) is 8.42 Å². The number of methoxy groups -OCH3 is 1. The van der Waals surface area contributed by atoms with Crippen molar-refractivity contribution >= 4 is 44.0 Å². The maximum atomic E-state index is 12.8. The molecule has 0 aliphatic rings. The summed E-state index contributed by atoms with van der Waals surface area (Å²) in [5.41, 5.74) is 1.24. The van der Waals surface area contributed by atoms with Crippen LogP contribution in [0.5, 0.6) is 5.75 Å². The molecule has 30 heavy (non-hydrogen) atoms. The van der Waals surface area contributed by atoms with Gasteiger partial charge in [0, 0.05) is 6.54 Å². The molecule has 6 nitrogen and oxygen atoms in total. The van der Waals surface area contributed by atoms with Crippen molar-refractivity contribution in [3.63, 3.8) is 0 Å². The molecular formula is C22H23ClN2O4S. The molecule has 0 saturated carbocycles. The number of fused-ring (bicyclic) bond motifs is 1. The van der Waals surface area contributed by atoms with Gasteiger partial charge in [-0.3, -0.25) is 9.10 Å². The van der Waals surface area contributed by atoms with Gasteiger partial charge in [-0.2, -0.15) is 0 Å². The summed E-state index contributed by atoms with van der Waals surface area (Å²) in [4.78, 5) is 12.8. The number of carbonyl (C=O) groups excluding carboxylic acids is 1. The molecule has 0 saturated heterocycles. The molecule has 0 fully saturated rings. The molecule has 3 aromatic rings. The quantitative estimate of drug-likeness (QED) is 0.595. The van der Waals surface area contributed by atoms with Crippen molar-refractivity contribution in [2.24, 2.45) is 0 Å². The Balaban J connectivity index is 1.83. The minimum Gasteiger partial charge on any atom is -0.495 e. The number of nitrogens with one attached hydrogen (secondary N) is 1. The van der Waals surface area contributed by atoms with Crippen molar-refractivity contribution < 1.29 is 17.9 Å². The van der Waals surface area contributed by atoms with Crippen LogP contribution in [0.2, 0.25) is 5.02 Å². The topological polar surface area (TPSA) is 75.7 Å². The zero-order valence-corrected chi connectivity index (χ0v) is 18.5. The van der Waals surface area contributed by atoms with Gasteiger partial charge in [0.05, 0.1) is 24.1 Å². The smallest absolute Gasteiger partial charge is 0.243 e. The second-order valence-corrected chi connectivity index (χ2v) is 9.18. The van der Waals surface area contributed by atoms with Gasteiger partial charge in [0.15, 0.2) is 0 Å². The lowest BCUT2D eigenvalue weighted by Crippen LogP contribution is -2.47. The number of nitrogens with zero attached hydrogens (tertiary/aromatic N) is 1. The second-order valence-electron chi connectivity index (χ2n) is 6.91. The molecule has 0 aliphatic heterocycles. The van der Waals surface area contributed by atoms with Crippen LogP contribution >= 0.6 is 11.6 Å². The Morgan fingerprint density at radius 2 is 1.83 bits per heavy atom. The minimum absolute atomic E-state index is 0.256. The molecule has 3 aromatic carbocycles. The van der Waals surface area contributed by atoms with Gasteiger partial charge in [-0.1, -0.05) is 54.1 Å². The Hall–Kier alpha value is -2.77. The number of anilines is 1. The highest BCUT2D eigenvalue weighted by molar-refractivity contribution is 7.92. The first kappa shape index (κ1) is 21.9. The SMILES string of the molecule is COc1ccc(N([C@@H](C)C(=O)NCc2cccc3ccccc23)S(C)(=O)=O)cc1Cl. The van der Waals surface area contributed by atoms with Gasteiger partial charge in [0.1, 0.15) is 11.8 Å². The van der Waals surface area contributed by atoms with E-state index >= 15 is 0 Å². The molecule has 0 radical (unpaired) electrons. The van der Waals surface area contributed by atoms with E-state index in [4.69, 9.17) is 16.3 Å². The van der Waals surface area contributed by atoms with Crippen LogP contribution in [0, 0.1) is 0 Å². The summed E-state index contributed by atoms with van der Waals surface area (Å²) in [5.74, 6) is 0.00206. The first-order chi connectivity index (χ1) is 14.2. The summed E-state index contributed by atoms with van der Waals surface area (Å²) in [6.07, 6.45) is 1.06. The lowest BCUT2D eigenvalue weighted by molar-refractivity contribution is -0.122. The summed E-state index contributed by atoms with van der Waals surface area (Å²) in [7, 11) is -2.27. The van der Waals surface area contributed by atoms with E-state index in [1.54, 1.807) is 12.1 Å². The standard InChI is InChI=1S/C22H23ClN2O4S/c1-15(25(30(3,27)28)18-11-12-21(29-2)20(23)13-18)22(26)24-14-17-9-6-8-16-7-4-5-10-19(16)17/h4-13,15H,14H2,1-3H3,(H,24,26)/t15-/m0/s1. The Morgan fingerprint density at radius 3 is 2.50 bits per heavy atom. The fraction of sp³-hybridized carbons (Fsp3) is 0.227. The Bertz CT molecular complexity index is 1180. The predicted octanol–water partition coefficient (Wildman–Crippen LogP) is 3.97. The van der Waals surface area contributed by atoms with Crippen molar-refractivity contribution in [2.75, 3.05) is 17.7 Å².